The van der Waals surface area contributed by atoms with Crippen LogP contribution in [0.25, 0.3) is 0 Å². The number of urea groups is 1. The number of aromatic nitrogens is 4. The Morgan fingerprint density at radius 2 is 2.00 bits per heavy atom. The van der Waals surface area contributed by atoms with Crippen LogP contribution in [0.4, 0.5) is 10.7 Å². The van der Waals surface area contributed by atoms with Gasteiger partial charge in [-0.25, -0.2) is 14.8 Å². The molecule has 0 aliphatic carbocycles. The van der Waals surface area contributed by atoms with Crippen LogP contribution in [-0.4, -0.2) is 51.0 Å². The standard InChI is InChI=1S/C16H23N7O/c1-13(12-23-9-3-8-19-23)20-16(24)21-14-4-10-22(11-5-14)15-17-6-2-7-18-15/h2-3,6-9,13-14H,4-5,10-12H2,1H3,(H2,20,21,24)/t13-/m0/s1. The summed E-state index contributed by atoms with van der Waals surface area (Å²) >= 11 is 0. The summed E-state index contributed by atoms with van der Waals surface area (Å²) in [7, 11) is 0. The normalized spacial score (nSPS) is 16.6. The fourth-order valence-electron chi connectivity index (χ4n) is 2.86. The smallest absolute Gasteiger partial charge is 0.315 e. The van der Waals surface area contributed by atoms with Crippen LogP contribution < -0.4 is 15.5 Å². The summed E-state index contributed by atoms with van der Waals surface area (Å²) in [6, 6.07) is 3.76. The van der Waals surface area contributed by atoms with Gasteiger partial charge in [0.1, 0.15) is 0 Å². The van der Waals surface area contributed by atoms with Gasteiger partial charge in [-0.1, -0.05) is 0 Å². The van der Waals surface area contributed by atoms with Crippen LogP contribution in [0, 0.1) is 0 Å². The van der Waals surface area contributed by atoms with E-state index >= 15 is 0 Å². The van der Waals surface area contributed by atoms with Crippen LogP contribution in [0.1, 0.15) is 19.8 Å². The number of amides is 2. The Labute approximate surface area is 141 Å². The second-order valence-corrected chi connectivity index (χ2v) is 6.06. The molecule has 0 saturated carbocycles. The van der Waals surface area contributed by atoms with Crippen molar-refractivity contribution in [3.63, 3.8) is 0 Å². The molecule has 128 valence electrons. The Kier molecular flexibility index (Phi) is 5.25. The van der Waals surface area contributed by atoms with E-state index in [0.717, 1.165) is 31.9 Å². The van der Waals surface area contributed by atoms with Crippen LogP contribution in [0.2, 0.25) is 0 Å². The largest absolute Gasteiger partial charge is 0.341 e. The maximum atomic E-state index is 12.1. The van der Waals surface area contributed by atoms with Gasteiger partial charge in [-0.15, -0.1) is 0 Å². The first-order valence-electron chi connectivity index (χ1n) is 8.27. The minimum atomic E-state index is -0.121. The minimum Gasteiger partial charge on any atom is -0.341 e. The molecule has 3 rings (SSSR count). The molecular formula is C16H23N7O. The van der Waals surface area contributed by atoms with E-state index in [2.05, 4.69) is 30.6 Å². The van der Waals surface area contributed by atoms with Gasteiger partial charge in [0, 0.05) is 50.0 Å². The number of hydrogen-bond acceptors (Lipinski definition) is 5. The zero-order chi connectivity index (χ0) is 16.8. The summed E-state index contributed by atoms with van der Waals surface area (Å²) in [5, 5.41) is 10.2. The topological polar surface area (TPSA) is 88.0 Å². The fraction of sp³-hybridized carbons (Fsp3) is 0.500. The maximum absolute atomic E-state index is 12.1. The Hall–Kier alpha value is -2.64. The SMILES string of the molecule is C[C@@H](Cn1cccn1)NC(=O)NC1CCN(c2ncccn2)CC1. The molecule has 24 heavy (non-hydrogen) atoms. The van der Waals surface area contributed by atoms with Gasteiger partial charge in [-0.2, -0.15) is 5.10 Å². The lowest BCUT2D eigenvalue weighted by molar-refractivity contribution is 0.229. The van der Waals surface area contributed by atoms with Crippen molar-refractivity contribution >= 4 is 12.0 Å². The number of rotatable bonds is 5. The van der Waals surface area contributed by atoms with E-state index in [1.807, 2.05) is 29.9 Å². The van der Waals surface area contributed by atoms with Crippen LogP contribution >= 0.6 is 0 Å². The van der Waals surface area contributed by atoms with E-state index in [0.29, 0.717) is 6.54 Å². The Morgan fingerprint density at radius 3 is 2.67 bits per heavy atom. The third-order valence-electron chi connectivity index (χ3n) is 4.06. The highest BCUT2D eigenvalue weighted by Gasteiger charge is 2.22. The molecule has 3 heterocycles. The van der Waals surface area contributed by atoms with E-state index in [1.54, 1.807) is 18.6 Å². The van der Waals surface area contributed by atoms with Crippen molar-refractivity contribution in [3.8, 4) is 0 Å². The van der Waals surface area contributed by atoms with Gasteiger partial charge >= 0.3 is 6.03 Å². The monoisotopic (exact) mass is 329 g/mol. The van der Waals surface area contributed by atoms with Gasteiger partial charge in [-0.05, 0) is 31.9 Å². The third-order valence-corrected chi connectivity index (χ3v) is 4.06. The molecule has 2 N–H and O–H groups in total. The molecule has 1 aliphatic heterocycles. The van der Waals surface area contributed by atoms with Crippen molar-refractivity contribution in [2.75, 3.05) is 18.0 Å². The van der Waals surface area contributed by atoms with Crippen molar-refractivity contribution in [2.24, 2.45) is 0 Å². The predicted molar refractivity (Wildman–Crippen MR) is 90.6 cm³/mol. The van der Waals surface area contributed by atoms with Gasteiger partial charge in [0.15, 0.2) is 0 Å². The fourth-order valence-corrected chi connectivity index (χ4v) is 2.86. The molecule has 1 aliphatic rings. The number of carbonyl (C=O) groups is 1. The summed E-state index contributed by atoms with van der Waals surface area (Å²) in [4.78, 5) is 22.8. The Bertz CT molecular complexity index is 623. The van der Waals surface area contributed by atoms with Gasteiger partial charge in [0.2, 0.25) is 5.95 Å². The second-order valence-electron chi connectivity index (χ2n) is 6.06. The van der Waals surface area contributed by atoms with Crippen molar-refractivity contribution in [3.05, 3.63) is 36.9 Å². The number of nitrogens with zero attached hydrogens (tertiary/aromatic N) is 5. The first kappa shape index (κ1) is 16.2. The summed E-state index contributed by atoms with van der Waals surface area (Å²) in [5.41, 5.74) is 0. The van der Waals surface area contributed by atoms with Gasteiger partial charge in [0.05, 0.1) is 6.54 Å². The van der Waals surface area contributed by atoms with E-state index in [1.165, 1.54) is 0 Å². The van der Waals surface area contributed by atoms with Crippen molar-refractivity contribution in [1.29, 1.82) is 0 Å². The molecule has 0 aromatic carbocycles. The zero-order valence-corrected chi connectivity index (χ0v) is 13.8. The van der Waals surface area contributed by atoms with Crippen LogP contribution in [0.3, 0.4) is 0 Å². The van der Waals surface area contributed by atoms with Crippen molar-refractivity contribution in [2.45, 2.75) is 38.4 Å². The molecule has 2 aromatic heterocycles. The molecule has 1 fully saturated rings. The summed E-state index contributed by atoms with van der Waals surface area (Å²) in [6.07, 6.45) is 8.90. The van der Waals surface area contributed by atoms with Gasteiger partial charge in [0.25, 0.3) is 0 Å². The molecule has 2 amide bonds. The lowest BCUT2D eigenvalue weighted by Gasteiger charge is -2.32. The maximum Gasteiger partial charge on any atom is 0.315 e. The molecular weight excluding hydrogens is 306 g/mol. The molecule has 1 atom stereocenters. The van der Waals surface area contributed by atoms with Crippen molar-refractivity contribution in [1.82, 2.24) is 30.4 Å². The molecule has 2 aromatic rings. The number of piperidine rings is 1. The van der Waals surface area contributed by atoms with Crippen molar-refractivity contribution < 1.29 is 4.79 Å². The average Bonchev–Trinajstić information content (AvgIpc) is 3.09. The minimum absolute atomic E-state index is 0.0164. The summed E-state index contributed by atoms with van der Waals surface area (Å²) in [5.74, 6) is 0.758. The third kappa shape index (κ3) is 4.43. The summed E-state index contributed by atoms with van der Waals surface area (Å²) in [6.45, 7) is 4.32. The number of anilines is 1. The van der Waals surface area contributed by atoms with E-state index < -0.39 is 0 Å². The first-order valence-corrected chi connectivity index (χ1v) is 8.27. The molecule has 8 nitrogen and oxygen atoms in total. The lowest BCUT2D eigenvalue weighted by Crippen LogP contribution is -2.50. The van der Waals surface area contributed by atoms with E-state index in [9.17, 15) is 4.79 Å². The first-order chi connectivity index (χ1) is 11.7. The predicted octanol–water partition coefficient (Wildman–Crippen LogP) is 1.03. The van der Waals surface area contributed by atoms with Crippen LogP contribution in [-0.2, 0) is 6.54 Å². The van der Waals surface area contributed by atoms with Crippen LogP contribution in [0.15, 0.2) is 36.9 Å². The van der Waals surface area contributed by atoms with Crippen LogP contribution in [0.5, 0.6) is 0 Å². The van der Waals surface area contributed by atoms with Gasteiger partial charge in [-0.3, -0.25) is 4.68 Å². The number of carbonyl (C=O) groups excluding carboxylic acids is 1. The molecule has 0 unspecified atom stereocenters. The average molecular weight is 329 g/mol. The zero-order valence-electron chi connectivity index (χ0n) is 13.8. The molecule has 1 saturated heterocycles. The quantitative estimate of drug-likeness (QED) is 0.855. The molecule has 8 heteroatoms. The van der Waals surface area contributed by atoms with E-state index in [4.69, 9.17) is 0 Å². The molecule has 0 radical (unpaired) electrons. The Morgan fingerprint density at radius 1 is 1.25 bits per heavy atom. The Balaban J connectivity index is 1.40. The second kappa shape index (κ2) is 7.76. The molecule has 0 spiro atoms. The number of nitrogens with one attached hydrogen (secondary N) is 2. The highest BCUT2D eigenvalue weighted by Crippen LogP contribution is 2.15. The highest BCUT2D eigenvalue weighted by molar-refractivity contribution is 5.74. The van der Waals surface area contributed by atoms with Gasteiger partial charge < -0.3 is 15.5 Å². The highest BCUT2D eigenvalue weighted by atomic mass is 16.2. The summed E-state index contributed by atoms with van der Waals surface area (Å²) < 4.78 is 1.81. The van der Waals surface area contributed by atoms with E-state index in [-0.39, 0.29) is 18.1 Å². The number of hydrogen-bond donors (Lipinski definition) is 2. The molecule has 0 bridgehead atoms. The lowest BCUT2D eigenvalue weighted by atomic mass is 10.1.